The van der Waals surface area contributed by atoms with E-state index in [4.69, 9.17) is 9.47 Å². The molecule has 2 aromatic rings. The Morgan fingerprint density at radius 3 is 2.35 bits per heavy atom. The Morgan fingerprint density at radius 2 is 1.65 bits per heavy atom. The first-order valence-corrected chi connectivity index (χ1v) is 7.60. The van der Waals surface area contributed by atoms with Crippen LogP contribution in [0.25, 0.3) is 0 Å². The van der Waals surface area contributed by atoms with Crippen molar-refractivity contribution in [2.75, 3.05) is 12.4 Å². The summed E-state index contributed by atoms with van der Waals surface area (Å²) in [5, 5.41) is 2.87. The number of carbonyl (C=O) groups excluding carboxylic acids is 1. The molecule has 0 aliphatic heterocycles. The largest absolute Gasteiger partial charge is 0.495 e. The van der Waals surface area contributed by atoms with Crippen LogP contribution in [0.15, 0.2) is 36.4 Å². The normalized spacial score (nSPS) is 11.7. The predicted octanol–water partition coefficient (Wildman–Crippen LogP) is 4.03. The van der Waals surface area contributed by atoms with E-state index in [9.17, 15) is 4.79 Å². The molecule has 122 valence electrons. The van der Waals surface area contributed by atoms with Crippen LogP contribution in [0.4, 0.5) is 5.69 Å². The van der Waals surface area contributed by atoms with Gasteiger partial charge in [-0.25, -0.2) is 0 Å². The first-order valence-electron chi connectivity index (χ1n) is 7.60. The van der Waals surface area contributed by atoms with Gasteiger partial charge in [0.2, 0.25) is 0 Å². The molecule has 0 aliphatic carbocycles. The van der Waals surface area contributed by atoms with E-state index < -0.39 is 6.10 Å². The monoisotopic (exact) mass is 313 g/mol. The van der Waals surface area contributed by atoms with E-state index in [1.807, 2.05) is 57.2 Å². The van der Waals surface area contributed by atoms with Crippen molar-refractivity contribution in [2.45, 2.75) is 33.8 Å². The third-order valence-electron chi connectivity index (χ3n) is 3.63. The maximum Gasteiger partial charge on any atom is 0.265 e. The lowest BCUT2D eigenvalue weighted by atomic mass is 10.1. The molecule has 1 amide bonds. The van der Waals surface area contributed by atoms with Gasteiger partial charge in [-0.1, -0.05) is 18.2 Å². The Morgan fingerprint density at radius 1 is 1.00 bits per heavy atom. The highest BCUT2D eigenvalue weighted by atomic mass is 16.5. The van der Waals surface area contributed by atoms with Crippen molar-refractivity contribution in [3.8, 4) is 11.5 Å². The van der Waals surface area contributed by atoms with Crippen molar-refractivity contribution in [1.29, 1.82) is 0 Å². The van der Waals surface area contributed by atoms with Crippen molar-refractivity contribution in [2.24, 2.45) is 0 Å². The molecule has 0 aromatic heterocycles. The molecule has 1 N–H and O–H groups in total. The van der Waals surface area contributed by atoms with Gasteiger partial charge in [0.1, 0.15) is 11.5 Å². The van der Waals surface area contributed by atoms with Crippen molar-refractivity contribution < 1.29 is 14.3 Å². The molecular weight excluding hydrogens is 290 g/mol. The minimum Gasteiger partial charge on any atom is -0.495 e. The highest BCUT2D eigenvalue weighted by Crippen LogP contribution is 2.26. The molecular formula is C19H23NO3. The number of hydrogen-bond donors (Lipinski definition) is 1. The van der Waals surface area contributed by atoms with Crippen LogP contribution in [0.1, 0.15) is 23.6 Å². The second-order valence-corrected chi connectivity index (χ2v) is 5.72. The Kier molecular flexibility index (Phi) is 5.27. The van der Waals surface area contributed by atoms with Gasteiger partial charge in [0.15, 0.2) is 6.10 Å². The van der Waals surface area contributed by atoms with Gasteiger partial charge in [0, 0.05) is 0 Å². The van der Waals surface area contributed by atoms with Gasteiger partial charge in [-0.15, -0.1) is 0 Å². The van der Waals surface area contributed by atoms with Gasteiger partial charge >= 0.3 is 0 Å². The minimum absolute atomic E-state index is 0.213. The molecule has 4 nitrogen and oxygen atoms in total. The zero-order valence-corrected chi connectivity index (χ0v) is 14.3. The van der Waals surface area contributed by atoms with Crippen LogP contribution in [-0.4, -0.2) is 19.1 Å². The van der Waals surface area contributed by atoms with Gasteiger partial charge in [-0.3, -0.25) is 4.79 Å². The average Bonchev–Trinajstić information content (AvgIpc) is 2.51. The fraction of sp³-hybridized carbons (Fsp3) is 0.316. The summed E-state index contributed by atoms with van der Waals surface area (Å²) >= 11 is 0. The highest BCUT2D eigenvalue weighted by molar-refractivity contribution is 5.95. The molecule has 0 unspecified atom stereocenters. The number of nitrogens with one attached hydrogen (secondary N) is 1. The first-order chi connectivity index (χ1) is 10.9. The number of rotatable bonds is 5. The molecule has 0 fully saturated rings. The fourth-order valence-electron chi connectivity index (χ4n) is 2.23. The summed E-state index contributed by atoms with van der Waals surface area (Å²) in [7, 11) is 1.58. The zero-order valence-electron chi connectivity index (χ0n) is 14.3. The Labute approximate surface area is 137 Å². The van der Waals surface area contributed by atoms with E-state index in [0.29, 0.717) is 11.4 Å². The third kappa shape index (κ3) is 4.25. The Bertz CT molecular complexity index is 710. The van der Waals surface area contributed by atoms with Crippen LogP contribution < -0.4 is 14.8 Å². The summed E-state index contributed by atoms with van der Waals surface area (Å²) in [5.41, 5.74) is 3.79. The molecule has 0 radical (unpaired) electrons. The minimum atomic E-state index is -0.610. The van der Waals surface area contributed by atoms with Crippen LogP contribution in [0.2, 0.25) is 0 Å². The number of benzene rings is 2. The lowest BCUT2D eigenvalue weighted by Crippen LogP contribution is -2.30. The van der Waals surface area contributed by atoms with Crippen LogP contribution in [0.3, 0.4) is 0 Å². The quantitative estimate of drug-likeness (QED) is 0.906. The molecule has 0 aliphatic rings. The summed E-state index contributed by atoms with van der Waals surface area (Å²) in [5.74, 6) is 1.14. The van der Waals surface area contributed by atoms with Gasteiger partial charge in [-0.05, 0) is 62.6 Å². The number of amides is 1. The van der Waals surface area contributed by atoms with E-state index in [0.717, 1.165) is 22.4 Å². The molecule has 0 spiro atoms. The fourth-order valence-corrected chi connectivity index (χ4v) is 2.23. The molecule has 1 atom stereocenters. The van der Waals surface area contributed by atoms with Gasteiger partial charge < -0.3 is 14.8 Å². The van der Waals surface area contributed by atoms with Crippen LogP contribution in [-0.2, 0) is 4.79 Å². The van der Waals surface area contributed by atoms with Crippen LogP contribution >= 0.6 is 0 Å². The maximum absolute atomic E-state index is 12.4. The number of hydrogen-bond acceptors (Lipinski definition) is 3. The van der Waals surface area contributed by atoms with Crippen molar-refractivity contribution >= 4 is 11.6 Å². The molecule has 0 heterocycles. The van der Waals surface area contributed by atoms with E-state index in [1.54, 1.807) is 14.0 Å². The second-order valence-electron chi connectivity index (χ2n) is 5.72. The maximum atomic E-state index is 12.4. The summed E-state index contributed by atoms with van der Waals surface area (Å²) in [6, 6.07) is 11.6. The predicted molar refractivity (Wildman–Crippen MR) is 92.4 cm³/mol. The number of aryl methyl sites for hydroxylation is 3. The van der Waals surface area contributed by atoms with E-state index in [2.05, 4.69) is 5.32 Å². The third-order valence-corrected chi connectivity index (χ3v) is 3.63. The van der Waals surface area contributed by atoms with Crippen molar-refractivity contribution in [1.82, 2.24) is 0 Å². The number of methoxy groups -OCH3 is 1. The van der Waals surface area contributed by atoms with Crippen molar-refractivity contribution in [3.05, 3.63) is 53.1 Å². The van der Waals surface area contributed by atoms with E-state index in [-0.39, 0.29) is 5.91 Å². The second kappa shape index (κ2) is 7.18. The van der Waals surface area contributed by atoms with Crippen molar-refractivity contribution in [3.63, 3.8) is 0 Å². The standard InChI is InChI=1S/C19H23NO3/c1-12-7-9-17(22-5)16(10-12)20-19(21)15(4)23-18-11-13(2)6-8-14(18)3/h6-11,15H,1-5H3,(H,20,21)/t15-/m1/s1. The average molecular weight is 313 g/mol. The summed E-state index contributed by atoms with van der Waals surface area (Å²) in [4.78, 5) is 12.4. The lowest BCUT2D eigenvalue weighted by Gasteiger charge is -2.18. The Balaban J connectivity index is 2.11. The molecule has 4 heteroatoms. The number of anilines is 1. The Hall–Kier alpha value is -2.49. The molecule has 0 saturated heterocycles. The first kappa shape index (κ1) is 16.9. The van der Waals surface area contributed by atoms with Crippen LogP contribution in [0, 0.1) is 20.8 Å². The number of carbonyl (C=O) groups is 1. The van der Waals surface area contributed by atoms with Gasteiger partial charge in [-0.2, -0.15) is 0 Å². The smallest absolute Gasteiger partial charge is 0.265 e. The summed E-state index contributed by atoms with van der Waals surface area (Å²) in [6.45, 7) is 7.65. The molecule has 23 heavy (non-hydrogen) atoms. The topological polar surface area (TPSA) is 47.6 Å². The number of ether oxygens (including phenoxy) is 2. The van der Waals surface area contributed by atoms with Gasteiger partial charge in [0.05, 0.1) is 12.8 Å². The van der Waals surface area contributed by atoms with Gasteiger partial charge in [0.25, 0.3) is 5.91 Å². The SMILES string of the molecule is COc1ccc(C)cc1NC(=O)[C@@H](C)Oc1cc(C)ccc1C. The summed E-state index contributed by atoms with van der Waals surface area (Å²) < 4.78 is 11.1. The zero-order chi connectivity index (χ0) is 17.0. The lowest BCUT2D eigenvalue weighted by molar-refractivity contribution is -0.122. The molecule has 2 rings (SSSR count). The van der Waals surface area contributed by atoms with E-state index in [1.165, 1.54) is 0 Å². The molecule has 2 aromatic carbocycles. The summed E-state index contributed by atoms with van der Waals surface area (Å²) in [6.07, 6.45) is -0.610. The highest BCUT2D eigenvalue weighted by Gasteiger charge is 2.17. The molecule has 0 saturated carbocycles. The molecule has 0 bridgehead atoms. The van der Waals surface area contributed by atoms with E-state index >= 15 is 0 Å². The van der Waals surface area contributed by atoms with Crippen LogP contribution in [0.5, 0.6) is 11.5 Å².